The lowest BCUT2D eigenvalue weighted by Crippen LogP contribution is -2.43. The fourth-order valence-electron chi connectivity index (χ4n) is 2.84. The fraction of sp³-hybridized carbons (Fsp3) is 0.571. The molecule has 0 bridgehead atoms. The van der Waals surface area contributed by atoms with E-state index in [1.807, 2.05) is 20.8 Å². The van der Waals surface area contributed by atoms with Gasteiger partial charge in [-0.15, -0.1) is 5.10 Å². The van der Waals surface area contributed by atoms with Gasteiger partial charge in [-0.05, 0) is 33.6 Å². The first-order chi connectivity index (χ1) is 9.56. The Hall–Kier alpha value is -1.82. The third-order valence-corrected chi connectivity index (χ3v) is 4.01. The second kappa shape index (κ2) is 4.94. The zero-order chi connectivity index (χ0) is 14.3. The van der Waals surface area contributed by atoms with Crippen LogP contribution in [0.2, 0.25) is 0 Å². The molecule has 1 aliphatic heterocycles. The Balaban J connectivity index is 1.90. The van der Waals surface area contributed by atoms with Crippen molar-refractivity contribution in [3.63, 3.8) is 0 Å². The second-order valence-electron chi connectivity index (χ2n) is 5.55. The van der Waals surface area contributed by atoms with Gasteiger partial charge in [0, 0.05) is 24.7 Å². The number of aryl methyl sites for hydroxylation is 2. The molecule has 0 radical (unpaired) electrons. The van der Waals surface area contributed by atoms with Crippen LogP contribution in [0.1, 0.15) is 29.9 Å². The molecule has 1 fully saturated rings. The predicted molar refractivity (Wildman–Crippen MR) is 77.7 cm³/mol. The Labute approximate surface area is 118 Å². The van der Waals surface area contributed by atoms with E-state index in [4.69, 9.17) is 10.2 Å². The van der Waals surface area contributed by atoms with Gasteiger partial charge < -0.3 is 15.1 Å². The monoisotopic (exact) mass is 275 g/mol. The molecule has 1 unspecified atom stereocenters. The summed E-state index contributed by atoms with van der Waals surface area (Å²) in [7, 11) is 0. The van der Waals surface area contributed by atoms with Crippen molar-refractivity contribution in [2.45, 2.75) is 39.7 Å². The zero-order valence-electron chi connectivity index (χ0n) is 12.2. The second-order valence-corrected chi connectivity index (χ2v) is 5.55. The minimum Gasteiger partial charge on any atom is -0.466 e. The maximum absolute atomic E-state index is 6.01. The quantitative estimate of drug-likeness (QED) is 0.874. The van der Waals surface area contributed by atoms with Crippen molar-refractivity contribution in [2.75, 3.05) is 18.0 Å². The highest BCUT2D eigenvalue weighted by Gasteiger charge is 2.22. The molecule has 20 heavy (non-hydrogen) atoms. The van der Waals surface area contributed by atoms with Gasteiger partial charge in [0.25, 0.3) is 0 Å². The number of hydrogen-bond donors (Lipinski definition) is 2. The third-order valence-electron chi connectivity index (χ3n) is 4.01. The van der Waals surface area contributed by atoms with E-state index in [1.165, 1.54) is 0 Å². The molecule has 3 rings (SSSR count). The summed E-state index contributed by atoms with van der Waals surface area (Å²) in [4.78, 5) is 6.76. The Morgan fingerprint density at radius 1 is 1.30 bits per heavy atom. The molecule has 1 atom stereocenters. The van der Waals surface area contributed by atoms with Crippen molar-refractivity contribution in [3.05, 3.63) is 17.1 Å². The lowest BCUT2D eigenvalue weighted by molar-refractivity contribution is 0.500. The summed E-state index contributed by atoms with van der Waals surface area (Å²) in [6.45, 7) is 7.74. The minimum atomic E-state index is 0.213. The standard InChI is InChI=1S/C14H21N5O/c1-8-9(2)20-10(3)12(8)13-16-14(18-17-13)19-6-4-5-11(15)7-19/h11H,4-7,15H2,1-3H3,(H,16,17,18). The van der Waals surface area contributed by atoms with Crippen molar-refractivity contribution in [1.29, 1.82) is 0 Å². The van der Waals surface area contributed by atoms with E-state index in [9.17, 15) is 0 Å². The first-order valence-electron chi connectivity index (χ1n) is 7.06. The van der Waals surface area contributed by atoms with Crippen LogP contribution < -0.4 is 10.6 Å². The first kappa shape index (κ1) is 13.2. The van der Waals surface area contributed by atoms with Gasteiger partial charge in [-0.2, -0.15) is 4.98 Å². The number of hydrogen-bond acceptors (Lipinski definition) is 5. The molecular formula is C14H21N5O. The van der Waals surface area contributed by atoms with E-state index in [1.54, 1.807) is 0 Å². The number of rotatable bonds is 2. The SMILES string of the molecule is Cc1oc(C)c(-c2nc(N3CCCC(N)C3)n[nH]2)c1C. The van der Waals surface area contributed by atoms with Crippen molar-refractivity contribution in [1.82, 2.24) is 15.2 Å². The largest absolute Gasteiger partial charge is 0.466 e. The Kier molecular flexibility index (Phi) is 3.25. The van der Waals surface area contributed by atoms with E-state index in [-0.39, 0.29) is 6.04 Å². The molecule has 3 N–H and O–H groups in total. The summed E-state index contributed by atoms with van der Waals surface area (Å²) in [6.07, 6.45) is 2.17. The fourth-order valence-corrected chi connectivity index (χ4v) is 2.84. The predicted octanol–water partition coefficient (Wildman–Crippen LogP) is 1.92. The highest BCUT2D eigenvalue weighted by atomic mass is 16.3. The summed E-state index contributed by atoms with van der Waals surface area (Å²) in [5, 5.41) is 7.36. The molecule has 0 saturated carbocycles. The maximum atomic E-state index is 6.01. The summed E-state index contributed by atoms with van der Waals surface area (Å²) < 4.78 is 5.65. The molecule has 1 saturated heterocycles. The number of anilines is 1. The summed E-state index contributed by atoms with van der Waals surface area (Å²) >= 11 is 0. The normalized spacial score (nSPS) is 19.6. The molecule has 108 valence electrons. The van der Waals surface area contributed by atoms with E-state index in [0.29, 0.717) is 0 Å². The van der Waals surface area contributed by atoms with Crippen LogP contribution >= 0.6 is 0 Å². The highest BCUT2D eigenvalue weighted by Crippen LogP contribution is 2.30. The summed E-state index contributed by atoms with van der Waals surface area (Å²) in [6, 6.07) is 0.213. The van der Waals surface area contributed by atoms with Gasteiger partial charge >= 0.3 is 0 Å². The van der Waals surface area contributed by atoms with Gasteiger partial charge in [0.15, 0.2) is 5.82 Å². The zero-order valence-corrected chi connectivity index (χ0v) is 12.2. The van der Waals surface area contributed by atoms with Gasteiger partial charge in [0.2, 0.25) is 5.95 Å². The molecule has 0 amide bonds. The van der Waals surface area contributed by atoms with Gasteiger partial charge in [-0.3, -0.25) is 5.10 Å². The van der Waals surface area contributed by atoms with Crippen LogP contribution in [0.25, 0.3) is 11.4 Å². The maximum Gasteiger partial charge on any atom is 0.245 e. The van der Waals surface area contributed by atoms with Gasteiger partial charge in [0.1, 0.15) is 11.5 Å². The molecule has 1 aliphatic rings. The molecule has 2 aromatic heterocycles. The van der Waals surface area contributed by atoms with Crippen LogP contribution in [0.4, 0.5) is 5.95 Å². The number of aromatic nitrogens is 3. The molecule has 0 aromatic carbocycles. The Morgan fingerprint density at radius 3 is 2.75 bits per heavy atom. The van der Waals surface area contributed by atoms with Crippen molar-refractivity contribution < 1.29 is 4.42 Å². The topological polar surface area (TPSA) is 84.0 Å². The van der Waals surface area contributed by atoms with E-state index in [0.717, 1.165) is 60.4 Å². The number of piperidine rings is 1. The Morgan fingerprint density at radius 2 is 2.10 bits per heavy atom. The number of aromatic amines is 1. The molecule has 6 nitrogen and oxygen atoms in total. The number of nitrogens with one attached hydrogen (secondary N) is 1. The molecular weight excluding hydrogens is 254 g/mol. The summed E-state index contributed by atoms with van der Waals surface area (Å²) in [5.41, 5.74) is 8.14. The van der Waals surface area contributed by atoms with Crippen LogP contribution in [0, 0.1) is 20.8 Å². The third kappa shape index (κ3) is 2.20. The van der Waals surface area contributed by atoms with Crippen LogP contribution in [-0.4, -0.2) is 34.3 Å². The van der Waals surface area contributed by atoms with E-state index >= 15 is 0 Å². The molecule has 0 aliphatic carbocycles. The van der Waals surface area contributed by atoms with Crippen molar-refractivity contribution >= 4 is 5.95 Å². The molecule has 6 heteroatoms. The number of furan rings is 1. The average Bonchev–Trinajstić information content (AvgIpc) is 2.96. The van der Waals surface area contributed by atoms with Crippen LogP contribution in [-0.2, 0) is 0 Å². The van der Waals surface area contributed by atoms with Crippen LogP contribution in [0.5, 0.6) is 0 Å². The summed E-state index contributed by atoms with van der Waals surface area (Å²) in [5.74, 6) is 3.30. The molecule has 0 spiro atoms. The number of nitrogens with zero attached hydrogens (tertiary/aromatic N) is 3. The molecule has 2 aromatic rings. The number of nitrogens with two attached hydrogens (primary N) is 1. The van der Waals surface area contributed by atoms with Gasteiger partial charge in [-0.25, -0.2) is 0 Å². The highest BCUT2D eigenvalue weighted by molar-refractivity contribution is 5.64. The lowest BCUT2D eigenvalue weighted by Gasteiger charge is -2.29. The van der Waals surface area contributed by atoms with Crippen LogP contribution in [0.3, 0.4) is 0 Å². The van der Waals surface area contributed by atoms with Crippen molar-refractivity contribution in [2.24, 2.45) is 5.73 Å². The van der Waals surface area contributed by atoms with Crippen LogP contribution in [0.15, 0.2) is 4.42 Å². The number of H-pyrrole nitrogens is 1. The lowest BCUT2D eigenvalue weighted by atomic mass is 10.1. The van der Waals surface area contributed by atoms with E-state index in [2.05, 4.69) is 20.1 Å². The van der Waals surface area contributed by atoms with Gasteiger partial charge in [-0.1, -0.05) is 0 Å². The Bertz CT molecular complexity index is 615. The minimum absolute atomic E-state index is 0.213. The first-order valence-corrected chi connectivity index (χ1v) is 7.06. The van der Waals surface area contributed by atoms with Crippen molar-refractivity contribution in [3.8, 4) is 11.4 Å². The van der Waals surface area contributed by atoms with E-state index < -0.39 is 0 Å². The molecule has 3 heterocycles. The smallest absolute Gasteiger partial charge is 0.245 e. The van der Waals surface area contributed by atoms with Gasteiger partial charge in [0.05, 0.1) is 5.56 Å². The average molecular weight is 275 g/mol.